The van der Waals surface area contributed by atoms with Crippen molar-refractivity contribution in [2.45, 2.75) is 45.1 Å². The Kier molecular flexibility index (Phi) is 5.87. The Morgan fingerprint density at radius 1 is 1.31 bits per heavy atom. The van der Waals surface area contributed by atoms with Crippen molar-refractivity contribution >= 4 is 0 Å². The lowest BCUT2D eigenvalue weighted by molar-refractivity contribution is 0.548. The molecule has 1 aromatic rings. The number of hydrogen-bond donors (Lipinski definition) is 1. The molecule has 0 aliphatic heterocycles. The molecule has 1 rings (SSSR count). The third kappa shape index (κ3) is 4.63. The van der Waals surface area contributed by atoms with Gasteiger partial charge in [0, 0.05) is 6.04 Å². The van der Waals surface area contributed by atoms with Gasteiger partial charge >= 0.3 is 0 Å². The number of allylic oxidation sites excluding steroid dienone is 1. The Balaban J connectivity index is 2.28. The number of rotatable bonds is 7. The van der Waals surface area contributed by atoms with Crippen LogP contribution in [0.25, 0.3) is 0 Å². The van der Waals surface area contributed by atoms with Crippen LogP contribution in [-0.2, 0) is 6.42 Å². The standard InChI is InChI=1S/C15H23N/c1-3-4-5-10-15(16)12-11-14-9-7-6-8-13(14)2/h3,6-9,15H,1,4-5,10-12,16H2,2H3. The summed E-state index contributed by atoms with van der Waals surface area (Å²) < 4.78 is 0. The molecule has 0 heterocycles. The van der Waals surface area contributed by atoms with Gasteiger partial charge in [-0.25, -0.2) is 0 Å². The first kappa shape index (κ1) is 13.0. The summed E-state index contributed by atoms with van der Waals surface area (Å²) in [4.78, 5) is 0. The highest BCUT2D eigenvalue weighted by Crippen LogP contribution is 2.12. The van der Waals surface area contributed by atoms with Crippen LogP contribution < -0.4 is 5.73 Å². The van der Waals surface area contributed by atoms with Gasteiger partial charge < -0.3 is 5.73 Å². The van der Waals surface area contributed by atoms with Crippen molar-refractivity contribution in [3.8, 4) is 0 Å². The summed E-state index contributed by atoms with van der Waals surface area (Å²) >= 11 is 0. The van der Waals surface area contributed by atoms with Crippen molar-refractivity contribution in [2.24, 2.45) is 5.73 Å². The van der Waals surface area contributed by atoms with Crippen LogP contribution in [-0.4, -0.2) is 6.04 Å². The number of aryl methyl sites for hydroxylation is 2. The zero-order chi connectivity index (χ0) is 11.8. The molecule has 0 fully saturated rings. The van der Waals surface area contributed by atoms with Gasteiger partial charge in [-0.2, -0.15) is 0 Å². The molecule has 2 N–H and O–H groups in total. The van der Waals surface area contributed by atoms with E-state index in [4.69, 9.17) is 5.73 Å². The molecule has 1 unspecified atom stereocenters. The topological polar surface area (TPSA) is 26.0 Å². The zero-order valence-corrected chi connectivity index (χ0v) is 10.3. The largest absolute Gasteiger partial charge is 0.328 e. The summed E-state index contributed by atoms with van der Waals surface area (Å²) in [5, 5.41) is 0. The van der Waals surface area contributed by atoms with Gasteiger partial charge in [-0.15, -0.1) is 6.58 Å². The molecular weight excluding hydrogens is 194 g/mol. The molecule has 0 aliphatic carbocycles. The Hall–Kier alpha value is -1.08. The SMILES string of the molecule is C=CCCCC(N)CCc1ccccc1C. The van der Waals surface area contributed by atoms with Gasteiger partial charge in [-0.1, -0.05) is 30.3 Å². The minimum Gasteiger partial charge on any atom is -0.328 e. The van der Waals surface area contributed by atoms with E-state index in [2.05, 4.69) is 37.8 Å². The summed E-state index contributed by atoms with van der Waals surface area (Å²) in [6, 6.07) is 8.89. The van der Waals surface area contributed by atoms with E-state index in [0.717, 1.165) is 25.7 Å². The summed E-state index contributed by atoms with van der Waals surface area (Å²) in [7, 11) is 0. The van der Waals surface area contributed by atoms with Crippen molar-refractivity contribution in [1.29, 1.82) is 0 Å². The average Bonchev–Trinajstić information content (AvgIpc) is 2.28. The molecule has 0 aromatic heterocycles. The van der Waals surface area contributed by atoms with Gasteiger partial charge in [0.2, 0.25) is 0 Å². The first-order chi connectivity index (χ1) is 7.74. The van der Waals surface area contributed by atoms with Gasteiger partial charge in [-0.05, 0) is 50.2 Å². The Bertz CT molecular complexity index is 317. The molecule has 0 amide bonds. The van der Waals surface area contributed by atoms with Gasteiger partial charge in [0.1, 0.15) is 0 Å². The first-order valence-corrected chi connectivity index (χ1v) is 6.15. The normalized spacial score (nSPS) is 12.4. The van der Waals surface area contributed by atoms with Crippen LogP contribution in [0.3, 0.4) is 0 Å². The molecule has 88 valence electrons. The minimum absolute atomic E-state index is 0.333. The summed E-state index contributed by atoms with van der Waals surface area (Å²) in [6.07, 6.45) is 7.51. The molecule has 1 aromatic carbocycles. The van der Waals surface area contributed by atoms with Crippen LogP contribution in [0.5, 0.6) is 0 Å². The molecule has 0 radical (unpaired) electrons. The maximum Gasteiger partial charge on any atom is 0.00421 e. The smallest absolute Gasteiger partial charge is 0.00421 e. The van der Waals surface area contributed by atoms with E-state index in [9.17, 15) is 0 Å². The molecular formula is C15H23N. The molecule has 0 saturated heterocycles. The molecule has 0 spiro atoms. The van der Waals surface area contributed by atoms with Crippen LogP contribution in [0.4, 0.5) is 0 Å². The van der Waals surface area contributed by atoms with E-state index in [-0.39, 0.29) is 0 Å². The summed E-state index contributed by atoms with van der Waals surface area (Å²) in [5.41, 5.74) is 8.89. The van der Waals surface area contributed by atoms with Crippen molar-refractivity contribution in [1.82, 2.24) is 0 Å². The highest BCUT2D eigenvalue weighted by Gasteiger charge is 2.03. The zero-order valence-electron chi connectivity index (χ0n) is 10.3. The lowest BCUT2D eigenvalue weighted by Crippen LogP contribution is -2.20. The fraction of sp³-hybridized carbons (Fsp3) is 0.467. The summed E-state index contributed by atoms with van der Waals surface area (Å²) in [5.74, 6) is 0. The number of benzene rings is 1. The van der Waals surface area contributed by atoms with Gasteiger partial charge in [0.05, 0.1) is 0 Å². The van der Waals surface area contributed by atoms with Crippen LogP contribution in [0.2, 0.25) is 0 Å². The highest BCUT2D eigenvalue weighted by atomic mass is 14.6. The fourth-order valence-electron chi connectivity index (χ4n) is 1.90. The minimum atomic E-state index is 0.333. The second-order valence-corrected chi connectivity index (χ2v) is 4.44. The Labute approximate surface area is 99.4 Å². The predicted molar refractivity (Wildman–Crippen MR) is 71.5 cm³/mol. The van der Waals surface area contributed by atoms with Crippen LogP contribution >= 0.6 is 0 Å². The van der Waals surface area contributed by atoms with E-state index < -0.39 is 0 Å². The fourth-order valence-corrected chi connectivity index (χ4v) is 1.90. The number of hydrogen-bond acceptors (Lipinski definition) is 1. The van der Waals surface area contributed by atoms with Gasteiger partial charge in [0.15, 0.2) is 0 Å². The molecule has 0 bridgehead atoms. The van der Waals surface area contributed by atoms with Crippen molar-refractivity contribution < 1.29 is 0 Å². The lowest BCUT2D eigenvalue weighted by atomic mass is 9.99. The molecule has 0 aliphatic rings. The highest BCUT2D eigenvalue weighted by molar-refractivity contribution is 5.25. The van der Waals surface area contributed by atoms with E-state index in [1.54, 1.807) is 0 Å². The van der Waals surface area contributed by atoms with E-state index in [1.807, 2.05) is 6.08 Å². The average molecular weight is 217 g/mol. The van der Waals surface area contributed by atoms with Crippen molar-refractivity contribution in [3.63, 3.8) is 0 Å². The Morgan fingerprint density at radius 2 is 2.06 bits per heavy atom. The lowest BCUT2D eigenvalue weighted by Gasteiger charge is -2.11. The second kappa shape index (κ2) is 7.24. The van der Waals surface area contributed by atoms with Crippen LogP contribution in [0, 0.1) is 6.92 Å². The molecule has 1 heteroatoms. The first-order valence-electron chi connectivity index (χ1n) is 6.15. The third-order valence-corrected chi connectivity index (χ3v) is 3.03. The maximum atomic E-state index is 6.08. The van der Waals surface area contributed by atoms with Gasteiger partial charge in [0.25, 0.3) is 0 Å². The van der Waals surface area contributed by atoms with Crippen LogP contribution in [0.1, 0.15) is 36.8 Å². The quantitative estimate of drug-likeness (QED) is 0.548. The second-order valence-electron chi connectivity index (χ2n) is 4.44. The van der Waals surface area contributed by atoms with Crippen molar-refractivity contribution in [3.05, 3.63) is 48.0 Å². The molecule has 16 heavy (non-hydrogen) atoms. The maximum absolute atomic E-state index is 6.08. The van der Waals surface area contributed by atoms with E-state index in [0.29, 0.717) is 6.04 Å². The predicted octanol–water partition coefficient (Wildman–Crippen LogP) is 3.61. The summed E-state index contributed by atoms with van der Waals surface area (Å²) in [6.45, 7) is 5.89. The molecule has 0 saturated carbocycles. The third-order valence-electron chi connectivity index (χ3n) is 3.03. The monoisotopic (exact) mass is 217 g/mol. The molecule has 1 nitrogen and oxygen atoms in total. The van der Waals surface area contributed by atoms with E-state index in [1.165, 1.54) is 17.5 Å². The number of nitrogens with two attached hydrogens (primary N) is 1. The molecule has 1 atom stereocenters. The van der Waals surface area contributed by atoms with Crippen LogP contribution in [0.15, 0.2) is 36.9 Å². The number of unbranched alkanes of at least 4 members (excludes halogenated alkanes) is 1. The Morgan fingerprint density at radius 3 is 2.75 bits per heavy atom. The van der Waals surface area contributed by atoms with Crippen molar-refractivity contribution in [2.75, 3.05) is 0 Å². The van der Waals surface area contributed by atoms with Gasteiger partial charge in [-0.3, -0.25) is 0 Å². The van der Waals surface area contributed by atoms with E-state index >= 15 is 0 Å².